The number of hydrogen-bond donors (Lipinski definition) is 1. The number of phenolic OH excluding ortho intramolecular Hbond substituents is 1. The Hall–Kier alpha value is -2.88. The zero-order valence-corrected chi connectivity index (χ0v) is 13.2. The van der Waals surface area contributed by atoms with Gasteiger partial charge >= 0.3 is 0 Å². The van der Waals surface area contributed by atoms with E-state index < -0.39 is 0 Å². The normalized spacial score (nSPS) is 10.5. The van der Waals surface area contributed by atoms with E-state index in [1.165, 1.54) is 0 Å². The highest BCUT2D eigenvalue weighted by atomic mass is 16.5. The molecule has 0 saturated heterocycles. The molecule has 0 saturated carbocycles. The van der Waals surface area contributed by atoms with Gasteiger partial charge in [-0.05, 0) is 42.8 Å². The lowest BCUT2D eigenvalue weighted by atomic mass is 10.1. The lowest BCUT2D eigenvalue weighted by Crippen LogP contribution is -1.99. The van der Waals surface area contributed by atoms with Crippen molar-refractivity contribution in [1.82, 2.24) is 9.97 Å². The van der Waals surface area contributed by atoms with Gasteiger partial charge in [-0.25, -0.2) is 9.97 Å². The zero-order valence-electron chi connectivity index (χ0n) is 13.2. The van der Waals surface area contributed by atoms with Crippen molar-refractivity contribution in [2.75, 3.05) is 7.11 Å². The van der Waals surface area contributed by atoms with Gasteiger partial charge in [0.15, 0.2) is 5.82 Å². The number of aromatic nitrogens is 2. The van der Waals surface area contributed by atoms with Gasteiger partial charge in [0.1, 0.15) is 11.5 Å². The SMILES string of the molecule is COc1ccc(Cc2cc(C)nc(-c3ccccc3O)n2)cc1. The number of methoxy groups -OCH3 is 1. The van der Waals surface area contributed by atoms with Crippen LogP contribution in [0.5, 0.6) is 11.5 Å². The van der Waals surface area contributed by atoms with Crippen LogP contribution >= 0.6 is 0 Å². The Morgan fingerprint density at radius 2 is 1.74 bits per heavy atom. The third-order valence-corrected chi connectivity index (χ3v) is 3.60. The van der Waals surface area contributed by atoms with Gasteiger partial charge < -0.3 is 9.84 Å². The van der Waals surface area contributed by atoms with Crippen LogP contribution in [0.25, 0.3) is 11.4 Å². The number of phenols is 1. The summed E-state index contributed by atoms with van der Waals surface area (Å²) in [6.07, 6.45) is 0.702. The van der Waals surface area contributed by atoms with E-state index in [0.717, 1.165) is 22.7 Å². The fourth-order valence-corrected chi connectivity index (χ4v) is 2.46. The molecule has 0 unspecified atom stereocenters. The molecule has 1 aromatic heterocycles. The highest BCUT2D eigenvalue weighted by molar-refractivity contribution is 5.63. The number of ether oxygens (including phenoxy) is 1. The van der Waals surface area contributed by atoms with Crippen molar-refractivity contribution in [2.24, 2.45) is 0 Å². The number of aryl methyl sites for hydroxylation is 1. The fraction of sp³-hybridized carbons (Fsp3) is 0.158. The van der Waals surface area contributed by atoms with Crippen molar-refractivity contribution >= 4 is 0 Å². The molecule has 116 valence electrons. The van der Waals surface area contributed by atoms with Crippen molar-refractivity contribution in [3.05, 3.63) is 71.5 Å². The van der Waals surface area contributed by atoms with Crippen LogP contribution < -0.4 is 4.74 Å². The molecular formula is C19H18N2O2. The van der Waals surface area contributed by atoms with Gasteiger partial charge in [0, 0.05) is 17.8 Å². The molecule has 0 bridgehead atoms. The zero-order chi connectivity index (χ0) is 16.2. The van der Waals surface area contributed by atoms with E-state index in [-0.39, 0.29) is 5.75 Å². The first-order valence-corrected chi connectivity index (χ1v) is 7.41. The standard InChI is InChI=1S/C19H18N2O2/c1-13-11-15(12-14-7-9-16(23-2)10-8-14)21-19(20-13)17-5-3-4-6-18(17)22/h3-11,22H,12H2,1-2H3. The van der Waals surface area contributed by atoms with Crippen LogP contribution in [0.4, 0.5) is 0 Å². The predicted octanol–water partition coefficient (Wildman–Crippen LogP) is 3.76. The molecule has 0 aliphatic heterocycles. The maximum Gasteiger partial charge on any atom is 0.163 e. The molecule has 4 heteroatoms. The van der Waals surface area contributed by atoms with Crippen molar-refractivity contribution in [1.29, 1.82) is 0 Å². The van der Waals surface area contributed by atoms with E-state index in [1.54, 1.807) is 19.2 Å². The predicted molar refractivity (Wildman–Crippen MR) is 89.7 cm³/mol. The van der Waals surface area contributed by atoms with E-state index in [0.29, 0.717) is 17.8 Å². The molecule has 0 amide bonds. The van der Waals surface area contributed by atoms with Crippen LogP contribution in [-0.2, 0) is 6.42 Å². The van der Waals surface area contributed by atoms with Gasteiger partial charge in [0.25, 0.3) is 0 Å². The quantitative estimate of drug-likeness (QED) is 0.797. The molecule has 2 aromatic carbocycles. The van der Waals surface area contributed by atoms with Crippen LogP contribution in [0.2, 0.25) is 0 Å². The Balaban J connectivity index is 1.92. The molecule has 1 heterocycles. The average Bonchev–Trinajstić information content (AvgIpc) is 2.55. The van der Waals surface area contributed by atoms with Crippen molar-refractivity contribution < 1.29 is 9.84 Å². The van der Waals surface area contributed by atoms with Crippen LogP contribution in [0, 0.1) is 6.92 Å². The van der Waals surface area contributed by atoms with Crippen molar-refractivity contribution in [3.63, 3.8) is 0 Å². The first-order valence-electron chi connectivity index (χ1n) is 7.41. The fourth-order valence-electron chi connectivity index (χ4n) is 2.46. The van der Waals surface area contributed by atoms with Gasteiger partial charge in [0.05, 0.1) is 12.7 Å². The summed E-state index contributed by atoms with van der Waals surface area (Å²) in [6, 6.07) is 17.0. The second kappa shape index (κ2) is 6.48. The maximum atomic E-state index is 10.00. The molecular weight excluding hydrogens is 288 g/mol. The average molecular weight is 306 g/mol. The molecule has 0 atom stereocenters. The lowest BCUT2D eigenvalue weighted by molar-refractivity contribution is 0.414. The Morgan fingerprint density at radius 3 is 2.43 bits per heavy atom. The molecule has 0 radical (unpaired) electrons. The van der Waals surface area contributed by atoms with Gasteiger partial charge in [-0.15, -0.1) is 0 Å². The smallest absolute Gasteiger partial charge is 0.163 e. The second-order valence-corrected chi connectivity index (χ2v) is 5.37. The summed E-state index contributed by atoms with van der Waals surface area (Å²) in [4.78, 5) is 9.04. The molecule has 0 fully saturated rings. The van der Waals surface area contributed by atoms with Crippen LogP contribution in [0.1, 0.15) is 17.0 Å². The second-order valence-electron chi connectivity index (χ2n) is 5.37. The highest BCUT2D eigenvalue weighted by Gasteiger charge is 2.09. The van der Waals surface area contributed by atoms with Gasteiger partial charge in [-0.3, -0.25) is 0 Å². The molecule has 0 aliphatic rings. The molecule has 0 spiro atoms. The van der Waals surface area contributed by atoms with E-state index in [2.05, 4.69) is 9.97 Å². The highest BCUT2D eigenvalue weighted by Crippen LogP contribution is 2.26. The van der Waals surface area contributed by atoms with E-state index >= 15 is 0 Å². The summed E-state index contributed by atoms with van der Waals surface area (Å²) in [6.45, 7) is 1.93. The Bertz CT molecular complexity index is 814. The van der Waals surface area contributed by atoms with E-state index in [9.17, 15) is 5.11 Å². The molecule has 3 rings (SSSR count). The van der Waals surface area contributed by atoms with Crippen molar-refractivity contribution in [3.8, 4) is 22.9 Å². The minimum Gasteiger partial charge on any atom is -0.507 e. The number of nitrogens with zero attached hydrogens (tertiary/aromatic N) is 2. The van der Waals surface area contributed by atoms with Crippen molar-refractivity contribution in [2.45, 2.75) is 13.3 Å². The monoisotopic (exact) mass is 306 g/mol. The van der Waals surface area contributed by atoms with Gasteiger partial charge in [0.2, 0.25) is 0 Å². The van der Waals surface area contributed by atoms with Gasteiger partial charge in [-0.2, -0.15) is 0 Å². The van der Waals surface area contributed by atoms with Crippen LogP contribution in [0.3, 0.4) is 0 Å². The lowest BCUT2D eigenvalue weighted by Gasteiger charge is -2.08. The summed E-state index contributed by atoms with van der Waals surface area (Å²) < 4.78 is 5.18. The number of benzene rings is 2. The maximum absolute atomic E-state index is 10.00. The van der Waals surface area contributed by atoms with E-state index in [4.69, 9.17) is 4.74 Å². The molecule has 1 N–H and O–H groups in total. The first-order chi connectivity index (χ1) is 11.2. The molecule has 23 heavy (non-hydrogen) atoms. The largest absolute Gasteiger partial charge is 0.507 e. The molecule has 3 aromatic rings. The minimum absolute atomic E-state index is 0.188. The summed E-state index contributed by atoms with van der Waals surface area (Å²) in [5.74, 6) is 1.57. The number of aromatic hydroxyl groups is 1. The number of hydrogen-bond acceptors (Lipinski definition) is 4. The third kappa shape index (κ3) is 3.48. The summed E-state index contributed by atoms with van der Waals surface area (Å²) >= 11 is 0. The topological polar surface area (TPSA) is 55.2 Å². The number of rotatable bonds is 4. The number of para-hydroxylation sites is 1. The Kier molecular flexibility index (Phi) is 4.24. The summed E-state index contributed by atoms with van der Waals surface area (Å²) in [7, 11) is 1.65. The first kappa shape index (κ1) is 15.0. The van der Waals surface area contributed by atoms with Crippen LogP contribution in [0.15, 0.2) is 54.6 Å². The third-order valence-electron chi connectivity index (χ3n) is 3.60. The molecule has 0 aliphatic carbocycles. The summed E-state index contributed by atoms with van der Waals surface area (Å²) in [5, 5.41) is 10.00. The summed E-state index contributed by atoms with van der Waals surface area (Å²) in [5.41, 5.74) is 3.59. The molecule has 4 nitrogen and oxygen atoms in total. The van der Waals surface area contributed by atoms with E-state index in [1.807, 2.05) is 49.4 Å². The Labute approximate surface area is 135 Å². The van der Waals surface area contributed by atoms with Crippen LogP contribution in [-0.4, -0.2) is 22.2 Å². The minimum atomic E-state index is 0.188. The van der Waals surface area contributed by atoms with Gasteiger partial charge in [-0.1, -0.05) is 24.3 Å². The Morgan fingerprint density at radius 1 is 1.00 bits per heavy atom.